The molecule has 1 N–H and O–H groups in total. The van der Waals surface area contributed by atoms with E-state index in [0.29, 0.717) is 24.5 Å². The van der Waals surface area contributed by atoms with Gasteiger partial charge in [0, 0.05) is 27.1 Å². The van der Waals surface area contributed by atoms with Gasteiger partial charge in [-0.3, -0.25) is 9.80 Å². The number of hydrazine groups is 1. The molecule has 9 heteroatoms. The number of carbonyl (C=O) groups excluding carboxylic acids is 1. The zero-order chi connectivity index (χ0) is 17.5. The zero-order valence-electron chi connectivity index (χ0n) is 14.1. The molecule has 0 amide bonds. The van der Waals surface area contributed by atoms with Crippen molar-refractivity contribution >= 4 is 33.1 Å². The molecule has 0 aromatic carbocycles. The highest BCUT2D eigenvalue weighted by molar-refractivity contribution is 7.91. The van der Waals surface area contributed by atoms with E-state index in [2.05, 4.69) is 10.1 Å². The predicted molar refractivity (Wildman–Crippen MR) is 93.7 cm³/mol. The topological polar surface area (TPSA) is 79.0 Å². The average molecular weight is 366 g/mol. The Labute approximate surface area is 144 Å². The van der Waals surface area contributed by atoms with E-state index >= 15 is 0 Å². The Bertz CT molecular complexity index is 508. The third kappa shape index (κ3) is 7.01. The summed E-state index contributed by atoms with van der Waals surface area (Å²) in [5.41, 5.74) is 0. The van der Waals surface area contributed by atoms with Crippen LogP contribution in [0, 0.1) is 0 Å². The monoisotopic (exact) mass is 365 g/mol. The van der Waals surface area contributed by atoms with Crippen LogP contribution in [0.2, 0.25) is 0 Å². The van der Waals surface area contributed by atoms with E-state index in [1.807, 2.05) is 24.1 Å². The molecule has 1 atom stereocenters. The lowest BCUT2D eigenvalue weighted by atomic mass is 10.2. The van der Waals surface area contributed by atoms with Gasteiger partial charge in [0.1, 0.15) is 0 Å². The summed E-state index contributed by atoms with van der Waals surface area (Å²) in [5, 5.41) is 7.39. The second-order valence-corrected chi connectivity index (χ2v) is 8.48. The third-order valence-corrected chi connectivity index (χ3v) is 5.84. The standard InChI is InChI=1S/C14H27N3O4S2/c1-16(2)17(12-8-10-23(19,20)11-12)14(22)15-9-6-4-5-7-13(18)21-3/h12H,4-11H2,1-3H3,(H,15,22)/t12-/m0/s1. The van der Waals surface area contributed by atoms with Crippen LogP contribution in [0.4, 0.5) is 0 Å². The lowest BCUT2D eigenvalue weighted by Crippen LogP contribution is -2.53. The van der Waals surface area contributed by atoms with Gasteiger partial charge in [-0.25, -0.2) is 13.4 Å². The van der Waals surface area contributed by atoms with Gasteiger partial charge in [0.25, 0.3) is 0 Å². The maximum Gasteiger partial charge on any atom is 0.305 e. The molecule has 1 saturated heterocycles. The van der Waals surface area contributed by atoms with Crippen molar-refractivity contribution in [1.82, 2.24) is 15.3 Å². The maximum atomic E-state index is 11.7. The Morgan fingerprint density at radius 2 is 2.00 bits per heavy atom. The van der Waals surface area contributed by atoms with Crippen molar-refractivity contribution in [3.05, 3.63) is 0 Å². The summed E-state index contributed by atoms with van der Waals surface area (Å²) in [6, 6.07) is -0.102. The van der Waals surface area contributed by atoms with Crippen molar-refractivity contribution in [1.29, 1.82) is 0 Å². The molecule has 0 saturated carbocycles. The summed E-state index contributed by atoms with van der Waals surface area (Å²) >= 11 is 5.41. The Hall–Kier alpha value is -0.930. The number of methoxy groups -OCH3 is 1. The number of sulfone groups is 1. The lowest BCUT2D eigenvalue weighted by molar-refractivity contribution is -0.140. The largest absolute Gasteiger partial charge is 0.469 e. The van der Waals surface area contributed by atoms with Crippen molar-refractivity contribution < 1.29 is 17.9 Å². The van der Waals surface area contributed by atoms with Crippen LogP contribution in [0.1, 0.15) is 32.1 Å². The van der Waals surface area contributed by atoms with Gasteiger partial charge < -0.3 is 10.1 Å². The van der Waals surface area contributed by atoms with Gasteiger partial charge in [-0.1, -0.05) is 6.42 Å². The highest BCUT2D eigenvalue weighted by atomic mass is 32.2. The van der Waals surface area contributed by atoms with Crippen LogP contribution >= 0.6 is 12.2 Å². The average Bonchev–Trinajstić information content (AvgIpc) is 2.81. The van der Waals surface area contributed by atoms with E-state index in [1.54, 1.807) is 0 Å². The Morgan fingerprint density at radius 3 is 2.52 bits per heavy atom. The number of hydrogen-bond donors (Lipinski definition) is 1. The number of esters is 1. The summed E-state index contributed by atoms with van der Waals surface area (Å²) in [6.45, 7) is 0.698. The van der Waals surface area contributed by atoms with Crippen molar-refractivity contribution in [3.8, 4) is 0 Å². The predicted octanol–water partition coefficient (Wildman–Crippen LogP) is 0.560. The second-order valence-electron chi connectivity index (χ2n) is 5.87. The molecule has 1 rings (SSSR count). The van der Waals surface area contributed by atoms with Crippen LogP contribution in [0.3, 0.4) is 0 Å². The second kappa shape index (κ2) is 9.39. The molecule has 0 aliphatic carbocycles. The number of ether oxygens (including phenoxy) is 1. The number of thiocarbonyl (C=S) groups is 1. The molecule has 1 heterocycles. The van der Waals surface area contributed by atoms with E-state index < -0.39 is 9.84 Å². The van der Waals surface area contributed by atoms with Gasteiger partial charge >= 0.3 is 5.97 Å². The first-order chi connectivity index (χ1) is 10.8. The van der Waals surface area contributed by atoms with Crippen LogP contribution in [0.15, 0.2) is 0 Å². The minimum absolute atomic E-state index is 0.102. The summed E-state index contributed by atoms with van der Waals surface area (Å²) in [7, 11) is 2.15. The van der Waals surface area contributed by atoms with Gasteiger partial charge in [-0.15, -0.1) is 0 Å². The van der Waals surface area contributed by atoms with Crippen LogP contribution in [-0.2, 0) is 19.4 Å². The van der Waals surface area contributed by atoms with Crippen molar-refractivity contribution in [2.24, 2.45) is 0 Å². The van der Waals surface area contributed by atoms with E-state index in [0.717, 1.165) is 19.3 Å². The van der Waals surface area contributed by atoms with Gasteiger partial charge in [-0.05, 0) is 31.5 Å². The van der Waals surface area contributed by atoms with Crippen LogP contribution < -0.4 is 5.32 Å². The van der Waals surface area contributed by atoms with Crippen molar-refractivity contribution in [2.75, 3.05) is 39.3 Å². The molecule has 0 spiro atoms. The van der Waals surface area contributed by atoms with Crippen LogP contribution in [-0.4, -0.2) is 74.8 Å². The van der Waals surface area contributed by atoms with Gasteiger partial charge in [0.15, 0.2) is 14.9 Å². The summed E-state index contributed by atoms with van der Waals surface area (Å²) < 4.78 is 27.9. The number of nitrogens with zero attached hydrogens (tertiary/aromatic N) is 2. The maximum absolute atomic E-state index is 11.7. The first-order valence-electron chi connectivity index (χ1n) is 7.78. The van der Waals surface area contributed by atoms with E-state index in [4.69, 9.17) is 12.2 Å². The highest BCUT2D eigenvalue weighted by Gasteiger charge is 2.34. The van der Waals surface area contributed by atoms with Crippen molar-refractivity contribution in [2.45, 2.75) is 38.1 Å². The molecule has 0 bridgehead atoms. The number of unbranched alkanes of at least 4 members (excludes halogenated alkanes) is 2. The minimum Gasteiger partial charge on any atom is -0.469 e. The molecule has 0 unspecified atom stereocenters. The third-order valence-electron chi connectivity index (χ3n) is 3.75. The van der Waals surface area contributed by atoms with E-state index in [9.17, 15) is 13.2 Å². The SMILES string of the molecule is COC(=O)CCCCCNC(=S)N([C@H]1CCS(=O)(=O)C1)N(C)C. The number of carbonyl (C=O) groups is 1. The molecule has 1 aliphatic heterocycles. The van der Waals surface area contributed by atoms with E-state index in [1.165, 1.54) is 7.11 Å². The highest BCUT2D eigenvalue weighted by Crippen LogP contribution is 2.18. The fraction of sp³-hybridized carbons (Fsp3) is 0.857. The summed E-state index contributed by atoms with van der Waals surface area (Å²) in [4.78, 5) is 11.0. The molecule has 1 fully saturated rings. The molecule has 0 radical (unpaired) electrons. The number of hydrogen-bond acceptors (Lipinski definition) is 6. The Morgan fingerprint density at radius 1 is 1.30 bits per heavy atom. The van der Waals surface area contributed by atoms with Gasteiger partial charge in [-0.2, -0.15) is 0 Å². The van der Waals surface area contributed by atoms with Crippen LogP contribution in [0.5, 0.6) is 0 Å². The lowest BCUT2D eigenvalue weighted by Gasteiger charge is -2.36. The Kier molecular flexibility index (Phi) is 8.21. The first-order valence-corrected chi connectivity index (χ1v) is 10.0. The van der Waals surface area contributed by atoms with Gasteiger partial charge in [0.2, 0.25) is 0 Å². The first kappa shape index (κ1) is 20.1. The molecular formula is C14H27N3O4S2. The molecule has 1 aliphatic rings. The van der Waals surface area contributed by atoms with Crippen molar-refractivity contribution in [3.63, 3.8) is 0 Å². The quantitative estimate of drug-likeness (QED) is 0.289. The summed E-state index contributed by atoms with van der Waals surface area (Å²) in [5.74, 6) is 0.180. The molecular weight excluding hydrogens is 338 g/mol. The molecule has 23 heavy (non-hydrogen) atoms. The smallest absolute Gasteiger partial charge is 0.305 e. The van der Waals surface area contributed by atoms with Crippen LogP contribution in [0.25, 0.3) is 0 Å². The normalized spacial score (nSPS) is 19.6. The van der Waals surface area contributed by atoms with E-state index in [-0.39, 0.29) is 23.5 Å². The Balaban J connectivity index is 2.34. The molecule has 7 nitrogen and oxygen atoms in total. The molecule has 0 aromatic heterocycles. The number of rotatable bonds is 8. The molecule has 134 valence electrons. The zero-order valence-corrected chi connectivity index (χ0v) is 15.7. The fourth-order valence-electron chi connectivity index (χ4n) is 2.59. The minimum atomic E-state index is -2.95. The molecule has 0 aromatic rings. The summed E-state index contributed by atoms with van der Waals surface area (Å²) in [6.07, 6.45) is 3.62. The fourth-order valence-corrected chi connectivity index (χ4v) is 4.70. The van der Waals surface area contributed by atoms with Gasteiger partial charge in [0.05, 0.1) is 24.7 Å². The number of nitrogens with one attached hydrogen (secondary N) is 1.